The number of benzene rings is 1. The largest absolute Gasteiger partial charge is 0.423 e. The van der Waals surface area contributed by atoms with Crippen molar-refractivity contribution in [1.29, 1.82) is 0 Å². The molecule has 0 aliphatic heterocycles. The minimum Gasteiger partial charge on any atom is -0.423 e. The van der Waals surface area contributed by atoms with Gasteiger partial charge < -0.3 is 9.32 Å². The Morgan fingerprint density at radius 3 is 2.57 bits per heavy atom. The van der Waals surface area contributed by atoms with Crippen molar-refractivity contribution in [1.82, 2.24) is 9.71 Å². The Labute approximate surface area is 129 Å². The molecular weight excluding hydrogens is 339 g/mol. The molecule has 0 radical (unpaired) electrons. The van der Waals surface area contributed by atoms with Crippen LogP contribution < -0.4 is 9.62 Å². The number of alkyl halides is 3. The van der Waals surface area contributed by atoms with E-state index in [0.717, 1.165) is 0 Å². The molecule has 1 amide bonds. The van der Waals surface area contributed by atoms with Crippen LogP contribution in [-0.2, 0) is 10.0 Å². The summed E-state index contributed by atoms with van der Waals surface area (Å²) in [5.74, 6) is -3.36. The number of halogens is 3. The number of anilines is 1. The number of para-hydroxylation sites is 1. The van der Waals surface area contributed by atoms with E-state index in [1.807, 2.05) is 0 Å². The molecule has 7 nitrogen and oxygen atoms in total. The Morgan fingerprint density at radius 2 is 2.00 bits per heavy atom. The number of nitrogens with zero attached hydrogens (tertiary/aromatic N) is 2. The van der Waals surface area contributed by atoms with Gasteiger partial charge in [-0.2, -0.15) is 18.2 Å². The normalized spacial score (nSPS) is 12.4. The molecule has 0 aliphatic rings. The zero-order valence-electron chi connectivity index (χ0n) is 12.0. The van der Waals surface area contributed by atoms with Gasteiger partial charge in [0.2, 0.25) is 10.0 Å². The molecule has 0 unspecified atom stereocenters. The standard InChI is InChI=1S/C12H12F3N3O4S/c1-18(2)11-16-9-7(4-3-5-8(9)22-11)10(19)17-23(20,21)6-12(13,14)15/h3-5H,6H2,1-2H3,(H,17,19). The summed E-state index contributed by atoms with van der Waals surface area (Å²) in [6.07, 6.45) is -4.95. The van der Waals surface area contributed by atoms with Gasteiger partial charge in [-0.1, -0.05) is 6.07 Å². The molecule has 2 aromatic rings. The van der Waals surface area contributed by atoms with Gasteiger partial charge in [0.1, 0.15) is 5.52 Å². The van der Waals surface area contributed by atoms with Gasteiger partial charge in [-0.05, 0) is 12.1 Å². The van der Waals surface area contributed by atoms with Crippen LogP contribution in [0.3, 0.4) is 0 Å². The molecule has 1 aromatic carbocycles. The number of nitrogens with one attached hydrogen (secondary N) is 1. The van der Waals surface area contributed by atoms with Crippen LogP contribution >= 0.6 is 0 Å². The maximum atomic E-state index is 12.2. The van der Waals surface area contributed by atoms with Crippen LogP contribution in [0, 0.1) is 0 Å². The van der Waals surface area contributed by atoms with Gasteiger partial charge in [0.25, 0.3) is 11.9 Å². The number of carbonyl (C=O) groups is 1. The third-order valence-corrected chi connectivity index (χ3v) is 3.84. The highest BCUT2D eigenvalue weighted by atomic mass is 32.2. The van der Waals surface area contributed by atoms with Gasteiger partial charge >= 0.3 is 6.18 Å². The Bertz CT molecular complexity index is 843. The first-order valence-corrected chi connectivity index (χ1v) is 7.82. The highest BCUT2D eigenvalue weighted by Crippen LogP contribution is 2.24. The van der Waals surface area contributed by atoms with E-state index in [4.69, 9.17) is 4.42 Å². The van der Waals surface area contributed by atoms with Crippen molar-refractivity contribution in [2.45, 2.75) is 6.18 Å². The lowest BCUT2D eigenvalue weighted by Gasteiger charge is -2.09. The number of amides is 1. The Morgan fingerprint density at radius 1 is 1.35 bits per heavy atom. The van der Waals surface area contributed by atoms with Crippen molar-refractivity contribution in [3.8, 4) is 0 Å². The van der Waals surface area contributed by atoms with E-state index >= 15 is 0 Å². The molecule has 0 spiro atoms. The molecule has 2 rings (SSSR count). The summed E-state index contributed by atoms with van der Waals surface area (Å²) in [4.78, 5) is 17.5. The fraction of sp³-hybridized carbons (Fsp3) is 0.333. The van der Waals surface area contributed by atoms with E-state index < -0.39 is 27.9 Å². The first-order chi connectivity index (χ1) is 10.5. The average molecular weight is 351 g/mol. The quantitative estimate of drug-likeness (QED) is 0.898. The van der Waals surface area contributed by atoms with Gasteiger partial charge in [-0.25, -0.2) is 13.1 Å². The monoisotopic (exact) mass is 351 g/mol. The minimum absolute atomic E-state index is 0.0518. The predicted octanol–water partition coefficient (Wildman–Crippen LogP) is 1.52. The second-order valence-electron chi connectivity index (χ2n) is 4.85. The van der Waals surface area contributed by atoms with E-state index in [1.165, 1.54) is 27.8 Å². The van der Waals surface area contributed by atoms with Crippen LogP contribution in [0.15, 0.2) is 22.6 Å². The number of rotatable bonds is 4. The number of fused-ring (bicyclic) bond motifs is 1. The maximum Gasteiger partial charge on any atom is 0.404 e. The minimum atomic E-state index is -4.95. The first kappa shape index (κ1) is 17.1. The van der Waals surface area contributed by atoms with Crippen LogP contribution in [0.2, 0.25) is 0 Å². The topological polar surface area (TPSA) is 92.5 Å². The highest BCUT2D eigenvalue weighted by Gasteiger charge is 2.36. The van der Waals surface area contributed by atoms with Gasteiger partial charge in [0, 0.05) is 14.1 Å². The molecule has 0 saturated heterocycles. The number of hydrogen-bond donors (Lipinski definition) is 1. The maximum absolute atomic E-state index is 12.2. The SMILES string of the molecule is CN(C)c1nc2c(C(=O)NS(=O)(=O)CC(F)(F)F)cccc2o1. The second-order valence-corrected chi connectivity index (χ2v) is 6.57. The summed E-state index contributed by atoms with van der Waals surface area (Å²) < 4.78 is 66.0. The van der Waals surface area contributed by atoms with Crippen molar-refractivity contribution in [3.05, 3.63) is 23.8 Å². The highest BCUT2D eigenvalue weighted by molar-refractivity contribution is 7.90. The lowest BCUT2D eigenvalue weighted by Crippen LogP contribution is -2.37. The summed E-state index contributed by atoms with van der Waals surface area (Å²) in [5.41, 5.74) is 0.0515. The zero-order valence-corrected chi connectivity index (χ0v) is 12.8. The van der Waals surface area contributed by atoms with E-state index in [0.29, 0.717) is 0 Å². The number of hydrogen-bond acceptors (Lipinski definition) is 6. The molecule has 0 bridgehead atoms. The number of carbonyl (C=O) groups excluding carboxylic acids is 1. The Kier molecular flexibility index (Phi) is 4.24. The van der Waals surface area contributed by atoms with E-state index in [1.54, 1.807) is 14.1 Å². The number of sulfonamides is 1. The summed E-state index contributed by atoms with van der Waals surface area (Å²) in [6.45, 7) is 0. The van der Waals surface area contributed by atoms with Gasteiger partial charge in [0.15, 0.2) is 11.3 Å². The van der Waals surface area contributed by atoms with Gasteiger partial charge in [0.05, 0.1) is 5.56 Å². The summed E-state index contributed by atoms with van der Waals surface area (Å²) in [6, 6.07) is 4.30. The van der Waals surface area contributed by atoms with Crippen molar-refractivity contribution < 1.29 is 30.8 Å². The Balaban J connectivity index is 2.35. The molecule has 1 N–H and O–H groups in total. The summed E-state index contributed by atoms with van der Waals surface area (Å²) >= 11 is 0. The van der Waals surface area contributed by atoms with Crippen molar-refractivity contribution in [2.24, 2.45) is 0 Å². The van der Waals surface area contributed by atoms with Crippen LogP contribution in [0.5, 0.6) is 0 Å². The molecular formula is C12H12F3N3O4S. The number of aromatic nitrogens is 1. The van der Waals surface area contributed by atoms with Gasteiger partial charge in [-0.3, -0.25) is 4.79 Å². The van der Waals surface area contributed by atoms with E-state index in [2.05, 4.69) is 4.98 Å². The van der Waals surface area contributed by atoms with Crippen LogP contribution in [-0.4, -0.2) is 45.3 Å². The molecule has 1 aromatic heterocycles. The summed E-state index contributed by atoms with van der Waals surface area (Å²) in [7, 11) is -1.58. The third kappa shape index (κ3) is 4.12. The van der Waals surface area contributed by atoms with Crippen molar-refractivity contribution >= 4 is 33.0 Å². The van der Waals surface area contributed by atoms with Crippen molar-refractivity contribution in [3.63, 3.8) is 0 Å². The van der Waals surface area contributed by atoms with Crippen LogP contribution in [0.1, 0.15) is 10.4 Å². The van der Waals surface area contributed by atoms with Gasteiger partial charge in [-0.15, -0.1) is 0 Å². The smallest absolute Gasteiger partial charge is 0.404 e. The molecule has 23 heavy (non-hydrogen) atoms. The average Bonchev–Trinajstić information content (AvgIpc) is 2.78. The first-order valence-electron chi connectivity index (χ1n) is 6.17. The second kappa shape index (κ2) is 5.72. The molecule has 0 atom stereocenters. The summed E-state index contributed by atoms with van der Waals surface area (Å²) in [5, 5.41) is 0. The third-order valence-electron chi connectivity index (χ3n) is 2.64. The lowest BCUT2D eigenvalue weighted by molar-refractivity contribution is -0.106. The zero-order chi connectivity index (χ0) is 17.4. The Hall–Kier alpha value is -2.30. The molecule has 0 fully saturated rings. The fourth-order valence-corrected chi connectivity index (χ4v) is 2.65. The fourth-order valence-electron chi connectivity index (χ4n) is 1.76. The molecule has 0 aliphatic carbocycles. The number of oxazole rings is 1. The van der Waals surface area contributed by atoms with Crippen LogP contribution in [0.4, 0.5) is 19.2 Å². The van der Waals surface area contributed by atoms with E-state index in [9.17, 15) is 26.4 Å². The van der Waals surface area contributed by atoms with Crippen LogP contribution in [0.25, 0.3) is 11.1 Å². The van der Waals surface area contributed by atoms with E-state index in [-0.39, 0.29) is 22.7 Å². The molecule has 0 saturated carbocycles. The lowest BCUT2D eigenvalue weighted by atomic mass is 10.2. The predicted molar refractivity (Wildman–Crippen MR) is 75.6 cm³/mol. The van der Waals surface area contributed by atoms with Crippen molar-refractivity contribution in [2.75, 3.05) is 24.7 Å². The molecule has 126 valence electrons. The molecule has 1 heterocycles. The molecule has 11 heteroatoms.